The number of carbonyl (C=O) groups is 1. The molecule has 8 heteroatoms. The minimum Gasteiger partial charge on any atom is -0.481 e. The third-order valence-electron chi connectivity index (χ3n) is 2.16. The average molecular weight is 242 g/mol. The van der Waals surface area contributed by atoms with Crippen molar-refractivity contribution in [1.29, 1.82) is 0 Å². The molecule has 0 atom stereocenters. The predicted octanol–water partition coefficient (Wildman–Crippen LogP) is -0.852. The summed E-state index contributed by atoms with van der Waals surface area (Å²) in [4.78, 5) is 36.4. The standard InChI is InChI=1S/C9H14N4O4/c1-5(2)13(4-3-6(14)15)7-8(16)10-9(17)12-11-7/h5H,3-4H2,1-2H3,(H,14,15)(H2,10,12,16,17). The van der Waals surface area contributed by atoms with Gasteiger partial charge in [0, 0.05) is 12.6 Å². The van der Waals surface area contributed by atoms with Gasteiger partial charge >= 0.3 is 11.7 Å². The Morgan fingerprint density at radius 2 is 2.12 bits per heavy atom. The van der Waals surface area contributed by atoms with Gasteiger partial charge in [0.15, 0.2) is 0 Å². The molecule has 0 saturated heterocycles. The van der Waals surface area contributed by atoms with E-state index < -0.39 is 17.2 Å². The number of carboxylic acid groups (broad SMARTS) is 1. The number of anilines is 1. The molecule has 0 fully saturated rings. The fourth-order valence-corrected chi connectivity index (χ4v) is 1.36. The first-order valence-electron chi connectivity index (χ1n) is 5.09. The Bertz CT molecular complexity index is 504. The second-order valence-corrected chi connectivity index (χ2v) is 3.76. The first-order valence-corrected chi connectivity index (χ1v) is 5.09. The first kappa shape index (κ1) is 12.9. The van der Waals surface area contributed by atoms with Gasteiger partial charge in [0.05, 0.1) is 6.42 Å². The van der Waals surface area contributed by atoms with Crippen molar-refractivity contribution in [2.75, 3.05) is 11.4 Å². The molecule has 3 N–H and O–H groups in total. The van der Waals surface area contributed by atoms with E-state index in [4.69, 9.17) is 5.11 Å². The van der Waals surface area contributed by atoms with E-state index in [2.05, 4.69) is 10.2 Å². The Hall–Kier alpha value is -2.12. The lowest BCUT2D eigenvalue weighted by Crippen LogP contribution is -2.40. The molecule has 1 aromatic heterocycles. The summed E-state index contributed by atoms with van der Waals surface area (Å²) in [5.74, 6) is -0.947. The van der Waals surface area contributed by atoms with Crippen molar-refractivity contribution in [3.05, 3.63) is 20.8 Å². The summed E-state index contributed by atoms with van der Waals surface area (Å²) >= 11 is 0. The van der Waals surface area contributed by atoms with Crippen LogP contribution < -0.4 is 16.1 Å². The lowest BCUT2D eigenvalue weighted by molar-refractivity contribution is -0.136. The lowest BCUT2D eigenvalue weighted by atomic mass is 10.3. The molecular weight excluding hydrogens is 228 g/mol. The third-order valence-corrected chi connectivity index (χ3v) is 2.16. The predicted molar refractivity (Wildman–Crippen MR) is 60.2 cm³/mol. The molecule has 1 rings (SSSR count). The van der Waals surface area contributed by atoms with E-state index in [1.165, 1.54) is 4.90 Å². The molecule has 0 aromatic carbocycles. The van der Waals surface area contributed by atoms with E-state index in [0.717, 1.165) is 0 Å². The monoisotopic (exact) mass is 242 g/mol. The molecule has 0 bridgehead atoms. The van der Waals surface area contributed by atoms with Crippen LogP contribution in [-0.2, 0) is 4.79 Å². The lowest BCUT2D eigenvalue weighted by Gasteiger charge is -2.25. The molecule has 0 aliphatic carbocycles. The van der Waals surface area contributed by atoms with Crippen molar-refractivity contribution < 1.29 is 9.90 Å². The van der Waals surface area contributed by atoms with Crippen LogP contribution in [0.2, 0.25) is 0 Å². The number of hydrogen-bond donors (Lipinski definition) is 3. The van der Waals surface area contributed by atoms with E-state index in [9.17, 15) is 14.4 Å². The van der Waals surface area contributed by atoms with Crippen LogP contribution in [0.1, 0.15) is 20.3 Å². The summed E-state index contributed by atoms with van der Waals surface area (Å²) in [5.41, 5.74) is -1.33. The van der Waals surface area contributed by atoms with Crippen LogP contribution in [-0.4, -0.2) is 38.8 Å². The number of nitrogens with one attached hydrogen (secondary N) is 2. The Labute approximate surface area is 96.3 Å². The number of carboxylic acids is 1. The fraction of sp³-hybridized carbons (Fsp3) is 0.556. The molecule has 0 spiro atoms. The minimum atomic E-state index is -0.962. The summed E-state index contributed by atoms with van der Waals surface area (Å²) in [6.07, 6.45) is -0.113. The molecule has 0 saturated carbocycles. The van der Waals surface area contributed by atoms with Gasteiger partial charge in [0.1, 0.15) is 0 Å². The first-order chi connectivity index (χ1) is 7.91. The van der Waals surface area contributed by atoms with Gasteiger partial charge in [-0.3, -0.25) is 14.6 Å². The summed E-state index contributed by atoms with van der Waals surface area (Å²) in [6.45, 7) is 3.75. The maximum Gasteiger partial charge on any atom is 0.342 e. The van der Waals surface area contributed by atoms with Crippen molar-refractivity contribution in [3.63, 3.8) is 0 Å². The Kier molecular flexibility index (Phi) is 4.02. The maximum absolute atomic E-state index is 11.5. The summed E-state index contributed by atoms with van der Waals surface area (Å²) in [6, 6.07) is -0.103. The second kappa shape index (κ2) is 5.28. The number of H-pyrrole nitrogens is 2. The molecule has 1 heterocycles. The Morgan fingerprint density at radius 3 is 2.59 bits per heavy atom. The molecule has 94 valence electrons. The number of aromatic amines is 2. The number of aromatic nitrogens is 3. The smallest absolute Gasteiger partial charge is 0.342 e. The molecule has 1 aromatic rings. The van der Waals surface area contributed by atoms with Gasteiger partial charge in [-0.1, -0.05) is 0 Å². The van der Waals surface area contributed by atoms with Gasteiger partial charge in [-0.15, -0.1) is 5.10 Å². The van der Waals surface area contributed by atoms with E-state index >= 15 is 0 Å². The summed E-state index contributed by atoms with van der Waals surface area (Å²) < 4.78 is 0. The SMILES string of the molecule is CC(C)N(CCC(=O)O)c1n[nH]c(=O)[nH]c1=O. The van der Waals surface area contributed by atoms with Crippen molar-refractivity contribution >= 4 is 11.8 Å². The quantitative estimate of drug-likeness (QED) is 0.618. The van der Waals surface area contributed by atoms with Crippen molar-refractivity contribution in [1.82, 2.24) is 15.2 Å². The highest BCUT2D eigenvalue weighted by Gasteiger charge is 2.17. The van der Waals surface area contributed by atoms with Crippen molar-refractivity contribution in [2.45, 2.75) is 26.3 Å². The van der Waals surface area contributed by atoms with E-state index in [0.29, 0.717) is 0 Å². The number of nitrogens with zero attached hydrogens (tertiary/aromatic N) is 2. The van der Waals surface area contributed by atoms with Crippen LogP contribution in [0.5, 0.6) is 0 Å². The molecule has 0 amide bonds. The normalized spacial score (nSPS) is 10.5. The molecule has 0 aliphatic rings. The molecule has 8 nitrogen and oxygen atoms in total. The van der Waals surface area contributed by atoms with Crippen LogP contribution in [0.3, 0.4) is 0 Å². The van der Waals surface area contributed by atoms with Gasteiger partial charge in [-0.05, 0) is 13.8 Å². The van der Waals surface area contributed by atoms with Gasteiger partial charge in [0.2, 0.25) is 5.82 Å². The average Bonchev–Trinajstić information content (AvgIpc) is 2.20. The third kappa shape index (κ3) is 3.44. The molecule has 17 heavy (non-hydrogen) atoms. The highest BCUT2D eigenvalue weighted by atomic mass is 16.4. The summed E-state index contributed by atoms with van der Waals surface area (Å²) in [7, 11) is 0. The summed E-state index contributed by atoms with van der Waals surface area (Å²) in [5, 5.41) is 14.4. The zero-order valence-corrected chi connectivity index (χ0v) is 9.56. The zero-order valence-electron chi connectivity index (χ0n) is 9.56. The zero-order chi connectivity index (χ0) is 13.0. The molecular formula is C9H14N4O4. The number of hydrogen-bond acceptors (Lipinski definition) is 5. The second-order valence-electron chi connectivity index (χ2n) is 3.76. The number of aliphatic carboxylic acids is 1. The van der Waals surface area contributed by atoms with Crippen molar-refractivity contribution in [3.8, 4) is 0 Å². The van der Waals surface area contributed by atoms with Gasteiger partial charge in [-0.25, -0.2) is 9.89 Å². The van der Waals surface area contributed by atoms with Crippen LogP contribution >= 0.6 is 0 Å². The topological polar surface area (TPSA) is 119 Å². The molecule has 0 unspecified atom stereocenters. The van der Waals surface area contributed by atoms with E-state index in [1.807, 2.05) is 4.98 Å². The Balaban J connectivity index is 3.01. The van der Waals surface area contributed by atoms with Crippen LogP contribution in [0.25, 0.3) is 0 Å². The van der Waals surface area contributed by atoms with Gasteiger partial charge < -0.3 is 10.0 Å². The maximum atomic E-state index is 11.5. The Morgan fingerprint density at radius 1 is 1.47 bits per heavy atom. The van der Waals surface area contributed by atoms with Crippen LogP contribution in [0.4, 0.5) is 5.82 Å². The van der Waals surface area contributed by atoms with Crippen LogP contribution in [0.15, 0.2) is 9.59 Å². The van der Waals surface area contributed by atoms with Gasteiger partial charge in [-0.2, -0.15) is 0 Å². The van der Waals surface area contributed by atoms with Crippen LogP contribution in [0, 0.1) is 0 Å². The minimum absolute atomic E-state index is 0.0147. The highest BCUT2D eigenvalue weighted by molar-refractivity contribution is 5.67. The van der Waals surface area contributed by atoms with Gasteiger partial charge in [0.25, 0.3) is 5.56 Å². The van der Waals surface area contributed by atoms with Crippen molar-refractivity contribution in [2.24, 2.45) is 0 Å². The number of rotatable bonds is 5. The van der Waals surface area contributed by atoms with E-state index in [1.54, 1.807) is 13.8 Å². The molecule has 0 radical (unpaired) electrons. The largest absolute Gasteiger partial charge is 0.481 e. The molecule has 0 aliphatic heterocycles. The fourth-order valence-electron chi connectivity index (χ4n) is 1.36. The van der Waals surface area contributed by atoms with E-state index in [-0.39, 0.29) is 24.8 Å². The highest BCUT2D eigenvalue weighted by Crippen LogP contribution is 2.07.